The second kappa shape index (κ2) is 11.0. The van der Waals surface area contributed by atoms with Crippen LogP contribution in [0.25, 0.3) is 0 Å². The van der Waals surface area contributed by atoms with Crippen molar-refractivity contribution in [2.24, 2.45) is 0 Å². The molecule has 0 N–H and O–H groups in total. The monoisotopic (exact) mass is 503 g/mol. The van der Waals surface area contributed by atoms with Crippen molar-refractivity contribution in [1.82, 2.24) is 14.7 Å². The summed E-state index contributed by atoms with van der Waals surface area (Å²) in [6.45, 7) is 8.28. The van der Waals surface area contributed by atoms with E-state index in [0.29, 0.717) is 25.4 Å². The molecule has 0 radical (unpaired) electrons. The van der Waals surface area contributed by atoms with Crippen LogP contribution >= 0.6 is 0 Å². The third-order valence-corrected chi connectivity index (χ3v) is 7.35. The number of ether oxygens (including phenoxy) is 3. The van der Waals surface area contributed by atoms with Crippen molar-refractivity contribution >= 4 is 5.91 Å². The number of fused-ring (bicyclic) bond motifs is 2. The first-order chi connectivity index (χ1) is 18.2. The number of furan rings is 1. The van der Waals surface area contributed by atoms with Crippen molar-refractivity contribution in [2.45, 2.75) is 26.1 Å². The molecular formula is C29H33N3O5. The first-order valence-corrected chi connectivity index (χ1v) is 13.1. The molecule has 1 aromatic heterocycles. The van der Waals surface area contributed by atoms with Gasteiger partial charge in [0.15, 0.2) is 17.3 Å². The van der Waals surface area contributed by atoms with Crippen LogP contribution in [-0.4, -0.2) is 73.3 Å². The molecule has 1 fully saturated rings. The summed E-state index contributed by atoms with van der Waals surface area (Å²) in [6, 6.07) is 18.2. The Labute approximate surface area is 217 Å². The number of benzene rings is 2. The molecular weight excluding hydrogens is 470 g/mol. The van der Waals surface area contributed by atoms with Gasteiger partial charge in [0.05, 0.1) is 19.8 Å². The Kier molecular flexibility index (Phi) is 7.12. The van der Waals surface area contributed by atoms with Crippen LogP contribution in [0.15, 0.2) is 59.0 Å². The van der Waals surface area contributed by atoms with E-state index in [1.54, 1.807) is 0 Å². The maximum absolute atomic E-state index is 13.2. The molecule has 0 aliphatic carbocycles. The normalized spacial score (nSPS) is 17.3. The lowest BCUT2D eigenvalue weighted by Crippen LogP contribution is -2.41. The van der Waals surface area contributed by atoms with Gasteiger partial charge in [-0.1, -0.05) is 30.3 Å². The van der Waals surface area contributed by atoms with E-state index in [9.17, 15) is 4.79 Å². The summed E-state index contributed by atoms with van der Waals surface area (Å²) in [4.78, 5) is 19.9. The molecule has 1 amide bonds. The van der Waals surface area contributed by atoms with Crippen LogP contribution in [0, 0.1) is 0 Å². The number of carbonyl (C=O) groups excluding carboxylic acids is 1. The molecule has 1 saturated heterocycles. The lowest BCUT2D eigenvalue weighted by molar-refractivity contribution is 0.0321. The highest BCUT2D eigenvalue weighted by molar-refractivity contribution is 5.91. The lowest BCUT2D eigenvalue weighted by atomic mass is 10.00. The predicted octanol–water partition coefficient (Wildman–Crippen LogP) is 3.54. The summed E-state index contributed by atoms with van der Waals surface area (Å²) >= 11 is 0. The average Bonchev–Trinajstić information content (AvgIpc) is 3.61. The fraction of sp³-hybridized carbons (Fsp3) is 0.414. The molecule has 2 aromatic carbocycles. The predicted molar refractivity (Wildman–Crippen MR) is 138 cm³/mol. The Balaban J connectivity index is 1.13. The van der Waals surface area contributed by atoms with Gasteiger partial charge >= 0.3 is 0 Å². The topological polar surface area (TPSA) is 67.6 Å². The van der Waals surface area contributed by atoms with Gasteiger partial charge in [0.25, 0.3) is 5.91 Å². The number of carbonyl (C=O) groups is 1. The van der Waals surface area contributed by atoms with E-state index >= 15 is 0 Å². The van der Waals surface area contributed by atoms with Crippen molar-refractivity contribution < 1.29 is 23.4 Å². The Morgan fingerprint density at radius 3 is 2.62 bits per heavy atom. The van der Waals surface area contributed by atoms with Gasteiger partial charge in [0.2, 0.25) is 6.79 Å². The maximum atomic E-state index is 13.2. The van der Waals surface area contributed by atoms with E-state index in [1.807, 2.05) is 29.2 Å². The Hall–Kier alpha value is -3.33. The highest BCUT2D eigenvalue weighted by Gasteiger charge is 2.24. The quantitative estimate of drug-likeness (QED) is 0.466. The zero-order valence-corrected chi connectivity index (χ0v) is 21.1. The summed E-state index contributed by atoms with van der Waals surface area (Å²) in [6.07, 6.45) is 0.875. The molecule has 6 rings (SSSR count). The number of rotatable bonds is 8. The van der Waals surface area contributed by atoms with Crippen LogP contribution in [0.2, 0.25) is 0 Å². The zero-order valence-electron chi connectivity index (χ0n) is 21.1. The van der Waals surface area contributed by atoms with Gasteiger partial charge in [-0.25, -0.2) is 0 Å². The minimum absolute atomic E-state index is 0.0450. The summed E-state index contributed by atoms with van der Waals surface area (Å²) < 4.78 is 22.7. The van der Waals surface area contributed by atoms with Crippen molar-refractivity contribution in [3.63, 3.8) is 0 Å². The Bertz CT molecular complexity index is 1240. The summed E-state index contributed by atoms with van der Waals surface area (Å²) in [5.74, 6) is 2.74. The van der Waals surface area contributed by atoms with Crippen LogP contribution in [0.4, 0.5) is 0 Å². The fourth-order valence-corrected chi connectivity index (χ4v) is 5.24. The molecule has 3 aliphatic rings. The lowest BCUT2D eigenvalue weighted by Gasteiger charge is -2.30. The van der Waals surface area contributed by atoms with Gasteiger partial charge in [-0.05, 0) is 47.4 Å². The molecule has 8 heteroatoms. The third-order valence-electron chi connectivity index (χ3n) is 7.35. The van der Waals surface area contributed by atoms with Crippen LogP contribution in [0.5, 0.6) is 11.5 Å². The smallest absolute Gasteiger partial charge is 0.289 e. The summed E-state index contributed by atoms with van der Waals surface area (Å²) in [5.41, 5.74) is 3.69. The number of morpholine rings is 1. The zero-order chi connectivity index (χ0) is 25.0. The van der Waals surface area contributed by atoms with E-state index in [4.69, 9.17) is 18.6 Å². The highest BCUT2D eigenvalue weighted by Crippen LogP contribution is 2.33. The van der Waals surface area contributed by atoms with Crippen LogP contribution < -0.4 is 9.47 Å². The second-order valence-corrected chi connectivity index (χ2v) is 9.86. The Morgan fingerprint density at radius 1 is 0.892 bits per heavy atom. The van der Waals surface area contributed by atoms with E-state index in [1.165, 1.54) is 11.1 Å². The fourth-order valence-electron chi connectivity index (χ4n) is 5.24. The number of amides is 1. The van der Waals surface area contributed by atoms with Crippen molar-refractivity contribution in [2.75, 3.05) is 52.7 Å². The molecule has 0 spiro atoms. The first-order valence-electron chi connectivity index (χ1n) is 13.1. The van der Waals surface area contributed by atoms with Crippen molar-refractivity contribution in [3.8, 4) is 11.5 Å². The minimum atomic E-state index is -0.0450. The summed E-state index contributed by atoms with van der Waals surface area (Å²) in [7, 11) is 0. The minimum Gasteiger partial charge on any atom is -0.455 e. The van der Waals surface area contributed by atoms with Gasteiger partial charge in [0.1, 0.15) is 5.76 Å². The van der Waals surface area contributed by atoms with Gasteiger partial charge in [-0.2, -0.15) is 0 Å². The molecule has 3 aromatic rings. The molecule has 4 heterocycles. The first kappa shape index (κ1) is 24.0. The van der Waals surface area contributed by atoms with Crippen LogP contribution in [0.1, 0.15) is 33.0 Å². The van der Waals surface area contributed by atoms with Crippen molar-refractivity contribution in [1.29, 1.82) is 0 Å². The van der Waals surface area contributed by atoms with E-state index < -0.39 is 0 Å². The molecule has 8 nitrogen and oxygen atoms in total. The second-order valence-electron chi connectivity index (χ2n) is 9.86. The standard InChI is InChI=1S/C29H33N3O5/c33-29(32-10-9-23-3-1-2-4-24(23)19-32)27-8-6-25(37-27)20-31(12-11-30-13-15-34-16-14-30)18-22-5-7-26-28(17-22)36-21-35-26/h1-8,17H,9-16,18-21H2. The van der Waals surface area contributed by atoms with Gasteiger partial charge < -0.3 is 23.5 Å². The Morgan fingerprint density at radius 2 is 1.73 bits per heavy atom. The molecule has 0 unspecified atom stereocenters. The van der Waals surface area contributed by atoms with Gasteiger partial charge in [-0.15, -0.1) is 0 Å². The SMILES string of the molecule is O=C(c1ccc(CN(CCN2CCOCC2)Cc2ccc3c(c2)OCO3)o1)N1CCc2ccccc2C1. The number of hydrogen-bond donors (Lipinski definition) is 0. The van der Waals surface area contributed by atoms with Crippen LogP contribution in [0.3, 0.4) is 0 Å². The third kappa shape index (κ3) is 5.66. The van der Waals surface area contributed by atoms with Gasteiger partial charge in [0, 0.05) is 45.8 Å². The van der Waals surface area contributed by atoms with Gasteiger partial charge in [-0.3, -0.25) is 14.6 Å². The maximum Gasteiger partial charge on any atom is 0.289 e. The molecule has 0 atom stereocenters. The number of nitrogens with zero attached hydrogens (tertiary/aromatic N) is 3. The highest BCUT2D eigenvalue weighted by atomic mass is 16.7. The summed E-state index contributed by atoms with van der Waals surface area (Å²) in [5, 5.41) is 0. The van der Waals surface area contributed by atoms with E-state index in [0.717, 1.165) is 75.2 Å². The van der Waals surface area contributed by atoms with Crippen LogP contribution in [-0.2, 0) is 30.8 Å². The molecule has 0 bridgehead atoms. The molecule has 0 saturated carbocycles. The molecule has 194 valence electrons. The molecule has 3 aliphatic heterocycles. The molecule has 37 heavy (non-hydrogen) atoms. The van der Waals surface area contributed by atoms with Crippen molar-refractivity contribution in [3.05, 3.63) is 82.8 Å². The average molecular weight is 504 g/mol. The van der Waals surface area contributed by atoms with E-state index in [2.05, 4.69) is 40.1 Å². The van der Waals surface area contributed by atoms with E-state index in [-0.39, 0.29) is 12.7 Å². The largest absolute Gasteiger partial charge is 0.455 e. The number of hydrogen-bond acceptors (Lipinski definition) is 7.